The van der Waals surface area contributed by atoms with E-state index in [1.807, 2.05) is 12.2 Å². The van der Waals surface area contributed by atoms with Crippen molar-refractivity contribution in [3.8, 4) is 0 Å². The zero-order valence-corrected chi connectivity index (χ0v) is 6.77. The highest BCUT2D eigenvalue weighted by Crippen LogP contribution is 2.06. The highest BCUT2D eigenvalue weighted by molar-refractivity contribution is 5.16. The molecule has 0 nitrogen and oxygen atoms in total. The molecule has 0 unspecified atom stereocenters. The molecule has 0 bridgehead atoms. The summed E-state index contributed by atoms with van der Waals surface area (Å²) in [5.41, 5.74) is 1.34. The maximum absolute atomic E-state index is 3.73. The third-order valence-corrected chi connectivity index (χ3v) is 1.35. The van der Waals surface area contributed by atoms with Crippen molar-refractivity contribution in [2.45, 2.75) is 33.6 Å². The third kappa shape index (κ3) is 7.11. The molecule has 0 aromatic heterocycles. The predicted octanol–water partition coefficient (Wildman–Crippen LogP) is 4.11. The molecular formula is C11H20. The van der Waals surface area contributed by atoms with Crippen LogP contribution in [-0.2, 0) is 0 Å². The summed E-state index contributed by atoms with van der Waals surface area (Å²) in [5, 5.41) is 0. The molecule has 0 aliphatic heterocycles. The molecule has 0 aliphatic carbocycles. The van der Waals surface area contributed by atoms with E-state index < -0.39 is 0 Å². The van der Waals surface area contributed by atoms with Gasteiger partial charge < -0.3 is 0 Å². The molecule has 0 atom stereocenters. The van der Waals surface area contributed by atoms with E-state index in [-0.39, 0.29) is 7.43 Å². The summed E-state index contributed by atoms with van der Waals surface area (Å²) >= 11 is 0. The maximum Gasteiger partial charge on any atom is -0.0166 e. The molecule has 0 saturated carbocycles. The third-order valence-electron chi connectivity index (χ3n) is 1.35. The second-order valence-electron chi connectivity index (χ2n) is 2.26. The summed E-state index contributed by atoms with van der Waals surface area (Å²) in [5.74, 6) is 0. The van der Waals surface area contributed by atoms with Crippen molar-refractivity contribution in [1.29, 1.82) is 0 Å². The first kappa shape index (κ1) is 12.9. The van der Waals surface area contributed by atoms with Crippen LogP contribution in [0, 0.1) is 0 Å². The highest BCUT2D eigenvalue weighted by atomic mass is 13.9. The van der Waals surface area contributed by atoms with E-state index in [4.69, 9.17) is 0 Å². The van der Waals surface area contributed by atoms with Gasteiger partial charge in [0, 0.05) is 0 Å². The van der Waals surface area contributed by atoms with Crippen LogP contribution in [0.25, 0.3) is 0 Å². The lowest BCUT2D eigenvalue weighted by molar-refractivity contribution is 0.922. The van der Waals surface area contributed by atoms with Crippen LogP contribution < -0.4 is 0 Å². The van der Waals surface area contributed by atoms with E-state index in [2.05, 4.69) is 26.2 Å². The van der Waals surface area contributed by atoms with Crippen molar-refractivity contribution in [2.24, 2.45) is 0 Å². The van der Waals surface area contributed by atoms with Crippen LogP contribution in [0.3, 0.4) is 0 Å². The van der Waals surface area contributed by atoms with Crippen molar-refractivity contribution >= 4 is 0 Å². The van der Waals surface area contributed by atoms with Crippen molar-refractivity contribution in [3.05, 3.63) is 37.0 Å². The Morgan fingerprint density at radius 3 is 2.36 bits per heavy atom. The van der Waals surface area contributed by atoms with Crippen LogP contribution >= 0.6 is 0 Å². The van der Waals surface area contributed by atoms with Gasteiger partial charge in [0.15, 0.2) is 0 Å². The lowest BCUT2D eigenvalue weighted by Crippen LogP contribution is -1.75. The second-order valence-corrected chi connectivity index (χ2v) is 2.26. The largest absolute Gasteiger partial charge is 0.103 e. The molecule has 0 aliphatic rings. The van der Waals surface area contributed by atoms with Gasteiger partial charge in [-0.1, -0.05) is 51.2 Å². The van der Waals surface area contributed by atoms with Crippen molar-refractivity contribution in [3.63, 3.8) is 0 Å². The Labute approximate surface area is 71.3 Å². The number of rotatable bonds is 5. The Bertz CT molecular complexity index is 129. The Hall–Kier alpha value is -0.780. The minimum atomic E-state index is 0. The summed E-state index contributed by atoms with van der Waals surface area (Å²) in [6, 6.07) is 0. The van der Waals surface area contributed by atoms with Crippen LogP contribution in [0.1, 0.15) is 33.6 Å². The fraction of sp³-hybridized carbons (Fsp3) is 0.455. The van der Waals surface area contributed by atoms with E-state index in [9.17, 15) is 0 Å². The number of hydrogen-bond acceptors (Lipinski definition) is 0. The van der Waals surface area contributed by atoms with Crippen LogP contribution in [0.4, 0.5) is 0 Å². The van der Waals surface area contributed by atoms with E-state index >= 15 is 0 Å². The maximum atomic E-state index is 3.73. The summed E-state index contributed by atoms with van der Waals surface area (Å²) in [7, 11) is 0. The van der Waals surface area contributed by atoms with Gasteiger partial charge in [-0.25, -0.2) is 0 Å². The smallest absolute Gasteiger partial charge is 0.0166 e. The monoisotopic (exact) mass is 152 g/mol. The minimum absolute atomic E-state index is 0. The topological polar surface area (TPSA) is 0 Å². The summed E-state index contributed by atoms with van der Waals surface area (Å²) in [6.07, 6.45) is 9.28. The van der Waals surface area contributed by atoms with Gasteiger partial charge in [-0.3, -0.25) is 0 Å². The van der Waals surface area contributed by atoms with Crippen LogP contribution in [0.15, 0.2) is 37.0 Å². The lowest BCUT2D eigenvalue weighted by Gasteiger charge is -1.95. The van der Waals surface area contributed by atoms with Gasteiger partial charge in [0.2, 0.25) is 0 Å². The summed E-state index contributed by atoms with van der Waals surface area (Å²) in [6.45, 7) is 9.55. The average molecular weight is 152 g/mol. The number of allylic oxidation sites excluding steroid dienone is 4. The first-order valence-corrected chi connectivity index (χ1v) is 3.77. The molecule has 0 N–H and O–H groups in total. The molecule has 0 heterocycles. The lowest BCUT2D eigenvalue weighted by atomic mass is 10.1. The molecule has 0 spiro atoms. The zero-order valence-electron chi connectivity index (χ0n) is 6.77. The first-order chi connectivity index (χ1) is 4.85. The summed E-state index contributed by atoms with van der Waals surface area (Å²) < 4.78 is 0. The van der Waals surface area contributed by atoms with Crippen LogP contribution in [0.5, 0.6) is 0 Å². The van der Waals surface area contributed by atoms with E-state index in [1.165, 1.54) is 12.0 Å². The molecule has 0 aromatic carbocycles. The van der Waals surface area contributed by atoms with Crippen LogP contribution in [-0.4, -0.2) is 0 Å². The predicted molar refractivity (Wildman–Crippen MR) is 54.7 cm³/mol. The molecule has 0 rings (SSSR count). The van der Waals surface area contributed by atoms with Crippen molar-refractivity contribution in [2.75, 3.05) is 0 Å². The van der Waals surface area contributed by atoms with E-state index in [0.29, 0.717) is 0 Å². The molecule has 11 heavy (non-hydrogen) atoms. The molecule has 0 amide bonds. The molecular weight excluding hydrogens is 132 g/mol. The molecule has 0 aromatic rings. The zero-order chi connectivity index (χ0) is 7.82. The standard InChI is InChI=1S/C10H16.CH4/c1-4-7-9-10(6-3)8-5-2;/h4,6,9H,1,3,5,7-8H2,2H3;1H4/b10-9+;. The molecule has 0 heteroatoms. The SMILES string of the molecule is C.C=CC/C=C(\C=C)CCC. The average Bonchev–Trinajstić information content (AvgIpc) is 1.98. The Morgan fingerprint density at radius 1 is 1.36 bits per heavy atom. The Morgan fingerprint density at radius 2 is 2.00 bits per heavy atom. The Kier molecular flexibility index (Phi) is 10.8. The van der Waals surface area contributed by atoms with Gasteiger partial charge in [-0.15, -0.1) is 6.58 Å². The van der Waals surface area contributed by atoms with Crippen molar-refractivity contribution < 1.29 is 0 Å². The molecule has 64 valence electrons. The highest BCUT2D eigenvalue weighted by Gasteiger charge is 1.86. The summed E-state index contributed by atoms with van der Waals surface area (Å²) in [4.78, 5) is 0. The van der Waals surface area contributed by atoms with Gasteiger partial charge in [0.1, 0.15) is 0 Å². The van der Waals surface area contributed by atoms with E-state index in [1.54, 1.807) is 0 Å². The van der Waals surface area contributed by atoms with Crippen LogP contribution in [0.2, 0.25) is 0 Å². The van der Waals surface area contributed by atoms with Gasteiger partial charge in [-0.2, -0.15) is 0 Å². The fourth-order valence-electron chi connectivity index (χ4n) is 0.811. The molecule has 0 radical (unpaired) electrons. The van der Waals surface area contributed by atoms with E-state index in [0.717, 1.165) is 12.8 Å². The minimum Gasteiger partial charge on any atom is -0.103 e. The normalized spacial score (nSPS) is 10.1. The quantitative estimate of drug-likeness (QED) is 0.411. The van der Waals surface area contributed by atoms with Gasteiger partial charge in [0.05, 0.1) is 0 Å². The molecule has 0 saturated heterocycles. The van der Waals surface area contributed by atoms with Gasteiger partial charge in [-0.05, 0) is 12.8 Å². The Balaban J connectivity index is 0. The molecule has 0 fully saturated rings. The van der Waals surface area contributed by atoms with Gasteiger partial charge >= 0.3 is 0 Å². The number of hydrogen-bond donors (Lipinski definition) is 0. The first-order valence-electron chi connectivity index (χ1n) is 3.77. The van der Waals surface area contributed by atoms with Crippen molar-refractivity contribution in [1.82, 2.24) is 0 Å². The fourth-order valence-corrected chi connectivity index (χ4v) is 0.811. The second kappa shape index (κ2) is 9.22. The van der Waals surface area contributed by atoms with Gasteiger partial charge in [0.25, 0.3) is 0 Å².